The molecule has 25 heavy (non-hydrogen) atoms. The zero-order chi connectivity index (χ0) is 18.0. The van der Waals surface area contributed by atoms with E-state index in [1.165, 1.54) is 0 Å². The van der Waals surface area contributed by atoms with Gasteiger partial charge in [-0.1, -0.05) is 37.3 Å². The van der Waals surface area contributed by atoms with Gasteiger partial charge in [-0.05, 0) is 55.5 Å². The quantitative estimate of drug-likeness (QED) is 0.534. The molecule has 0 aromatic heterocycles. The number of hydrogen-bond acceptors (Lipinski definition) is 4. The van der Waals surface area contributed by atoms with Crippen LogP contribution in [0.1, 0.15) is 33.6 Å². The Bertz CT molecular complexity index is 786. The molecule has 0 N–H and O–H groups in total. The van der Waals surface area contributed by atoms with E-state index in [9.17, 15) is 9.36 Å². The second kappa shape index (κ2) is 7.61. The minimum absolute atomic E-state index is 0.0498. The van der Waals surface area contributed by atoms with Gasteiger partial charge < -0.3 is 9.26 Å². The van der Waals surface area contributed by atoms with Crippen LogP contribution in [0.2, 0.25) is 0 Å². The summed E-state index contributed by atoms with van der Waals surface area (Å²) in [6.07, 6.45) is 1.62. The van der Waals surface area contributed by atoms with E-state index in [0.717, 1.165) is 23.6 Å². The summed E-state index contributed by atoms with van der Waals surface area (Å²) in [5.41, 5.74) is -0.0498. The Morgan fingerprint density at radius 1 is 1.08 bits per heavy atom. The second-order valence-corrected chi connectivity index (χ2v) is 8.64. The molecule has 2 aromatic carbocycles. The van der Waals surface area contributed by atoms with Crippen molar-refractivity contribution in [3.8, 4) is 5.75 Å². The van der Waals surface area contributed by atoms with Crippen LogP contribution < -0.4 is 4.52 Å². The highest BCUT2D eigenvalue weighted by Crippen LogP contribution is 2.50. The first-order chi connectivity index (χ1) is 12.0. The van der Waals surface area contributed by atoms with E-state index in [-0.39, 0.29) is 29.6 Å². The van der Waals surface area contributed by atoms with Gasteiger partial charge in [-0.3, -0.25) is 9.36 Å². The summed E-state index contributed by atoms with van der Waals surface area (Å²) in [7, 11) is -2.26. The Balaban J connectivity index is 1.65. The van der Waals surface area contributed by atoms with Crippen molar-refractivity contribution >= 4 is 24.8 Å². The lowest BCUT2D eigenvalue weighted by Gasteiger charge is -2.38. The molecule has 1 fully saturated rings. The highest BCUT2D eigenvalue weighted by molar-refractivity contribution is 7.40. The lowest BCUT2D eigenvalue weighted by Crippen LogP contribution is -2.39. The Hall–Kier alpha value is -1.80. The summed E-state index contributed by atoms with van der Waals surface area (Å²) in [5.74, 6) is 0.268. The first-order valence-corrected chi connectivity index (χ1v) is 10.3. The lowest BCUT2D eigenvalue weighted by molar-refractivity contribution is -0.154. The van der Waals surface area contributed by atoms with Crippen molar-refractivity contribution in [2.24, 2.45) is 11.8 Å². The van der Waals surface area contributed by atoms with Crippen LogP contribution in [0.4, 0.5) is 0 Å². The standard InChI is InChI=1S/C20H25O4P/c1-13(2)23-20(21)14(3)18-10-11-19(18)25(22)24-17-9-8-15-6-4-5-7-16(15)12-17/h4-9,12-14,18-19,25H,10-11H2,1-3H3/t14-,18?,19?/m1/s1. The summed E-state index contributed by atoms with van der Waals surface area (Å²) in [4.78, 5) is 12.1. The summed E-state index contributed by atoms with van der Waals surface area (Å²) in [5, 5.41) is 2.19. The summed E-state index contributed by atoms with van der Waals surface area (Å²) >= 11 is 0. The van der Waals surface area contributed by atoms with Gasteiger partial charge >= 0.3 is 5.97 Å². The van der Waals surface area contributed by atoms with E-state index in [1.807, 2.05) is 63.2 Å². The average molecular weight is 360 g/mol. The van der Waals surface area contributed by atoms with Gasteiger partial charge in [0.15, 0.2) is 0 Å². The molecular formula is C20H25O4P. The maximum absolute atomic E-state index is 12.7. The van der Waals surface area contributed by atoms with E-state index in [0.29, 0.717) is 5.75 Å². The van der Waals surface area contributed by atoms with E-state index >= 15 is 0 Å². The van der Waals surface area contributed by atoms with Crippen molar-refractivity contribution in [3.63, 3.8) is 0 Å². The predicted octanol–water partition coefficient (Wildman–Crippen LogP) is 5.06. The molecule has 0 radical (unpaired) electrons. The van der Waals surface area contributed by atoms with Crippen molar-refractivity contribution in [1.29, 1.82) is 0 Å². The van der Waals surface area contributed by atoms with Gasteiger partial charge in [-0.15, -0.1) is 0 Å². The van der Waals surface area contributed by atoms with E-state index in [2.05, 4.69) is 0 Å². The van der Waals surface area contributed by atoms with Crippen LogP contribution in [0.3, 0.4) is 0 Å². The van der Waals surface area contributed by atoms with Crippen molar-refractivity contribution in [2.45, 2.75) is 45.4 Å². The minimum atomic E-state index is -2.26. The van der Waals surface area contributed by atoms with Crippen molar-refractivity contribution in [3.05, 3.63) is 42.5 Å². The molecule has 0 spiro atoms. The van der Waals surface area contributed by atoms with Crippen LogP contribution in [-0.2, 0) is 14.1 Å². The molecule has 1 aliphatic rings. The molecule has 0 heterocycles. The molecule has 0 aliphatic heterocycles. The van der Waals surface area contributed by atoms with Crippen molar-refractivity contribution in [1.82, 2.24) is 0 Å². The van der Waals surface area contributed by atoms with Crippen LogP contribution in [-0.4, -0.2) is 17.7 Å². The fourth-order valence-corrected chi connectivity index (χ4v) is 5.07. The van der Waals surface area contributed by atoms with Crippen molar-refractivity contribution in [2.75, 3.05) is 0 Å². The Kier molecular flexibility index (Phi) is 5.48. The molecule has 1 saturated carbocycles. The highest BCUT2D eigenvalue weighted by atomic mass is 31.1. The average Bonchev–Trinajstić information content (AvgIpc) is 2.53. The van der Waals surface area contributed by atoms with Gasteiger partial charge in [0.25, 0.3) is 0 Å². The minimum Gasteiger partial charge on any atom is -0.463 e. The molecule has 5 heteroatoms. The first kappa shape index (κ1) is 18.0. The monoisotopic (exact) mass is 360 g/mol. The number of carbonyl (C=O) groups is 1. The molecule has 0 bridgehead atoms. The highest BCUT2D eigenvalue weighted by Gasteiger charge is 2.43. The molecule has 1 aliphatic carbocycles. The second-order valence-electron chi connectivity index (χ2n) is 7.05. The number of carbonyl (C=O) groups excluding carboxylic acids is 1. The first-order valence-electron chi connectivity index (χ1n) is 8.86. The SMILES string of the molecule is CC(C)OC(=O)[C@H](C)C1CCC1[PH](=O)Oc1ccc2ccccc2c1. The van der Waals surface area contributed by atoms with Crippen LogP contribution in [0.25, 0.3) is 10.8 Å². The van der Waals surface area contributed by atoms with Crippen LogP contribution in [0, 0.1) is 11.8 Å². The van der Waals surface area contributed by atoms with Gasteiger partial charge in [-0.25, -0.2) is 0 Å². The van der Waals surface area contributed by atoms with Crippen molar-refractivity contribution < 1.29 is 18.6 Å². The number of hydrogen-bond donors (Lipinski definition) is 0. The van der Waals surface area contributed by atoms with Gasteiger partial charge in [0.1, 0.15) is 5.75 Å². The fourth-order valence-electron chi connectivity index (χ4n) is 3.35. The largest absolute Gasteiger partial charge is 0.463 e. The molecule has 0 amide bonds. The van der Waals surface area contributed by atoms with Crippen LogP contribution in [0.5, 0.6) is 5.75 Å². The molecule has 3 unspecified atom stereocenters. The maximum Gasteiger partial charge on any atom is 0.309 e. The molecular weight excluding hydrogens is 335 g/mol. The molecule has 2 aromatic rings. The lowest BCUT2D eigenvalue weighted by atomic mass is 9.76. The number of fused-ring (bicyclic) bond motifs is 1. The number of benzene rings is 2. The zero-order valence-corrected chi connectivity index (χ0v) is 15.9. The smallest absolute Gasteiger partial charge is 0.309 e. The normalized spacial score (nSPS) is 22.2. The van der Waals surface area contributed by atoms with Gasteiger partial charge in [0.2, 0.25) is 8.03 Å². The van der Waals surface area contributed by atoms with E-state index < -0.39 is 8.03 Å². The molecule has 134 valence electrons. The topological polar surface area (TPSA) is 52.6 Å². The Labute approximate surface area is 149 Å². The maximum atomic E-state index is 12.7. The zero-order valence-electron chi connectivity index (χ0n) is 14.9. The van der Waals surface area contributed by atoms with Gasteiger partial charge in [0, 0.05) is 5.66 Å². The third-order valence-corrected chi connectivity index (χ3v) is 6.70. The summed E-state index contributed by atoms with van der Waals surface area (Å²) in [6, 6.07) is 13.8. The molecule has 4 atom stereocenters. The van der Waals surface area contributed by atoms with Gasteiger partial charge in [0.05, 0.1) is 12.0 Å². The Morgan fingerprint density at radius 2 is 1.80 bits per heavy atom. The summed E-state index contributed by atoms with van der Waals surface area (Å²) in [6.45, 7) is 5.55. The predicted molar refractivity (Wildman–Crippen MR) is 100 cm³/mol. The fraction of sp³-hybridized carbons (Fsp3) is 0.450. The third-order valence-electron chi connectivity index (χ3n) is 4.94. The number of rotatable bonds is 6. The third kappa shape index (κ3) is 4.07. The molecule has 4 nitrogen and oxygen atoms in total. The van der Waals surface area contributed by atoms with Gasteiger partial charge in [-0.2, -0.15) is 0 Å². The Morgan fingerprint density at radius 3 is 2.44 bits per heavy atom. The number of ether oxygens (including phenoxy) is 1. The number of esters is 1. The van der Waals surface area contributed by atoms with E-state index in [1.54, 1.807) is 0 Å². The van der Waals surface area contributed by atoms with E-state index in [4.69, 9.17) is 9.26 Å². The van der Waals surface area contributed by atoms with Crippen LogP contribution >= 0.6 is 8.03 Å². The van der Waals surface area contributed by atoms with Crippen LogP contribution in [0.15, 0.2) is 42.5 Å². The molecule has 3 rings (SSSR count). The molecule has 0 saturated heterocycles. The summed E-state index contributed by atoms with van der Waals surface area (Å²) < 4.78 is 23.8.